The van der Waals surface area contributed by atoms with Gasteiger partial charge in [0.15, 0.2) is 0 Å². The molecule has 0 aromatic heterocycles. The average molecular weight is 260 g/mol. The van der Waals surface area contributed by atoms with Gasteiger partial charge >= 0.3 is 0 Å². The fraction of sp³-hybridized carbons (Fsp3) is 0.529. The number of ether oxygens (including phenoxy) is 2. The van der Waals surface area contributed by atoms with E-state index in [0.717, 1.165) is 24.3 Å². The number of rotatable bonds is 5. The van der Waals surface area contributed by atoms with Gasteiger partial charge in [0.05, 0.1) is 6.26 Å². The monoisotopic (exact) mass is 260 g/mol. The molecule has 0 saturated carbocycles. The van der Waals surface area contributed by atoms with Gasteiger partial charge in [-0.25, -0.2) is 0 Å². The predicted octanol–water partition coefficient (Wildman–Crippen LogP) is 4.72. The molecule has 1 heterocycles. The highest BCUT2D eigenvalue weighted by molar-refractivity contribution is 5.42. The molecule has 1 aliphatic heterocycles. The van der Waals surface area contributed by atoms with Crippen LogP contribution in [0.25, 0.3) is 0 Å². The molecule has 1 aliphatic rings. The molecule has 0 spiro atoms. The Morgan fingerprint density at radius 2 is 1.89 bits per heavy atom. The lowest BCUT2D eigenvalue weighted by Crippen LogP contribution is -2.18. The van der Waals surface area contributed by atoms with Crippen LogP contribution in [0.5, 0.6) is 5.75 Å². The SMILES string of the molecule is CC(C)CCOC1C(C(C)C)=COc2ccccc21. The molecule has 0 amide bonds. The zero-order chi connectivity index (χ0) is 13.8. The van der Waals surface area contributed by atoms with Crippen molar-refractivity contribution in [1.29, 1.82) is 0 Å². The third kappa shape index (κ3) is 3.38. The van der Waals surface area contributed by atoms with Crippen LogP contribution in [0.2, 0.25) is 0 Å². The molecule has 19 heavy (non-hydrogen) atoms. The molecule has 0 bridgehead atoms. The fourth-order valence-electron chi connectivity index (χ4n) is 2.22. The van der Waals surface area contributed by atoms with Crippen molar-refractivity contribution in [2.75, 3.05) is 6.61 Å². The van der Waals surface area contributed by atoms with Crippen LogP contribution in [-0.4, -0.2) is 6.61 Å². The van der Waals surface area contributed by atoms with Gasteiger partial charge in [-0.15, -0.1) is 0 Å². The second kappa shape index (κ2) is 6.25. The van der Waals surface area contributed by atoms with Crippen LogP contribution in [0.1, 0.15) is 45.8 Å². The Labute approximate surface area is 116 Å². The van der Waals surface area contributed by atoms with Gasteiger partial charge in [-0.3, -0.25) is 0 Å². The number of para-hydroxylation sites is 1. The van der Waals surface area contributed by atoms with Gasteiger partial charge in [-0.2, -0.15) is 0 Å². The smallest absolute Gasteiger partial charge is 0.132 e. The normalized spacial score (nSPS) is 18.2. The van der Waals surface area contributed by atoms with Crippen LogP contribution in [-0.2, 0) is 4.74 Å². The lowest BCUT2D eigenvalue weighted by molar-refractivity contribution is 0.0572. The predicted molar refractivity (Wildman–Crippen MR) is 78.1 cm³/mol. The standard InChI is InChI=1S/C17H24O2/c1-12(2)9-10-18-17-14-7-5-6-8-16(14)19-11-15(17)13(3)4/h5-8,11-13,17H,9-10H2,1-4H3. The quantitative estimate of drug-likeness (QED) is 0.762. The lowest BCUT2D eigenvalue weighted by atomic mass is 9.92. The van der Waals surface area contributed by atoms with E-state index in [4.69, 9.17) is 9.47 Å². The van der Waals surface area contributed by atoms with E-state index in [9.17, 15) is 0 Å². The summed E-state index contributed by atoms with van der Waals surface area (Å²) < 4.78 is 11.9. The third-order valence-corrected chi connectivity index (χ3v) is 3.47. The van der Waals surface area contributed by atoms with Gasteiger partial charge in [0, 0.05) is 17.7 Å². The Kier molecular flexibility index (Phi) is 4.65. The summed E-state index contributed by atoms with van der Waals surface area (Å²) >= 11 is 0. The summed E-state index contributed by atoms with van der Waals surface area (Å²) in [6, 6.07) is 8.15. The molecule has 0 N–H and O–H groups in total. The van der Waals surface area contributed by atoms with Crippen molar-refractivity contribution >= 4 is 0 Å². The van der Waals surface area contributed by atoms with Crippen LogP contribution in [0.15, 0.2) is 36.1 Å². The molecule has 2 heteroatoms. The molecule has 2 rings (SSSR count). The molecule has 0 fully saturated rings. The second-order valence-electron chi connectivity index (χ2n) is 5.86. The first-order valence-corrected chi connectivity index (χ1v) is 7.16. The average Bonchev–Trinajstić information content (AvgIpc) is 2.38. The van der Waals surface area contributed by atoms with Gasteiger partial charge in [-0.05, 0) is 24.3 Å². The first-order chi connectivity index (χ1) is 9.09. The van der Waals surface area contributed by atoms with Crippen LogP contribution in [0.3, 0.4) is 0 Å². The minimum atomic E-state index is 0.0451. The van der Waals surface area contributed by atoms with Gasteiger partial charge in [-0.1, -0.05) is 45.9 Å². The lowest BCUT2D eigenvalue weighted by Gasteiger charge is -2.29. The van der Waals surface area contributed by atoms with Crippen LogP contribution in [0.4, 0.5) is 0 Å². The zero-order valence-electron chi connectivity index (χ0n) is 12.3. The van der Waals surface area contributed by atoms with E-state index in [1.54, 1.807) is 0 Å². The van der Waals surface area contributed by atoms with Crippen molar-refractivity contribution in [1.82, 2.24) is 0 Å². The van der Waals surface area contributed by atoms with Crippen LogP contribution >= 0.6 is 0 Å². The summed E-state index contributed by atoms with van der Waals surface area (Å²) in [6.45, 7) is 9.60. The maximum absolute atomic E-state index is 6.15. The first kappa shape index (κ1) is 14.1. The topological polar surface area (TPSA) is 18.5 Å². The third-order valence-electron chi connectivity index (χ3n) is 3.47. The maximum Gasteiger partial charge on any atom is 0.132 e. The highest BCUT2D eigenvalue weighted by Crippen LogP contribution is 2.39. The molecular weight excluding hydrogens is 236 g/mol. The highest BCUT2D eigenvalue weighted by atomic mass is 16.5. The fourth-order valence-corrected chi connectivity index (χ4v) is 2.22. The summed E-state index contributed by atoms with van der Waals surface area (Å²) in [7, 11) is 0. The van der Waals surface area contributed by atoms with E-state index in [1.807, 2.05) is 24.5 Å². The summed E-state index contributed by atoms with van der Waals surface area (Å²) in [6.07, 6.45) is 3.00. The Hall–Kier alpha value is -1.28. The molecule has 2 nitrogen and oxygen atoms in total. The van der Waals surface area contributed by atoms with Crippen molar-refractivity contribution in [2.45, 2.75) is 40.2 Å². The van der Waals surface area contributed by atoms with Crippen molar-refractivity contribution in [2.24, 2.45) is 11.8 Å². The number of fused-ring (bicyclic) bond motifs is 1. The van der Waals surface area contributed by atoms with E-state index in [2.05, 4.69) is 33.8 Å². The van der Waals surface area contributed by atoms with Crippen molar-refractivity contribution in [3.63, 3.8) is 0 Å². The maximum atomic E-state index is 6.15. The molecule has 104 valence electrons. The Bertz CT molecular complexity index is 446. The summed E-state index contributed by atoms with van der Waals surface area (Å²) in [4.78, 5) is 0. The molecule has 0 saturated heterocycles. The molecule has 0 radical (unpaired) electrons. The Balaban J connectivity index is 2.17. The Morgan fingerprint density at radius 3 is 2.58 bits per heavy atom. The number of hydrogen-bond donors (Lipinski definition) is 0. The van der Waals surface area contributed by atoms with Crippen molar-refractivity contribution in [3.05, 3.63) is 41.7 Å². The van der Waals surface area contributed by atoms with Gasteiger partial charge in [0.25, 0.3) is 0 Å². The Morgan fingerprint density at radius 1 is 1.16 bits per heavy atom. The van der Waals surface area contributed by atoms with E-state index < -0.39 is 0 Å². The van der Waals surface area contributed by atoms with E-state index in [-0.39, 0.29) is 6.10 Å². The number of hydrogen-bond acceptors (Lipinski definition) is 2. The second-order valence-corrected chi connectivity index (χ2v) is 5.86. The minimum absolute atomic E-state index is 0.0451. The minimum Gasteiger partial charge on any atom is -0.465 e. The van der Waals surface area contributed by atoms with E-state index in [0.29, 0.717) is 11.8 Å². The molecule has 1 aromatic rings. The van der Waals surface area contributed by atoms with Crippen molar-refractivity contribution < 1.29 is 9.47 Å². The molecule has 1 unspecified atom stereocenters. The van der Waals surface area contributed by atoms with Crippen LogP contribution < -0.4 is 4.74 Å². The number of benzene rings is 1. The van der Waals surface area contributed by atoms with E-state index in [1.165, 1.54) is 5.57 Å². The van der Waals surface area contributed by atoms with Gasteiger partial charge < -0.3 is 9.47 Å². The van der Waals surface area contributed by atoms with Crippen molar-refractivity contribution in [3.8, 4) is 5.75 Å². The van der Waals surface area contributed by atoms with Crippen LogP contribution in [0, 0.1) is 11.8 Å². The molecular formula is C17H24O2. The highest BCUT2D eigenvalue weighted by Gasteiger charge is 2.27. The molecule has 1 aromatic carbocycles. The van der Waals surface area contributed by atoms with E-state index >= 15 is 0 Å². The zero-order valence-corrected chi connectivity index (χ0v) is 12.3. The molecule has 0 aliphatic carbocycles. The van der Waals surface area contributed by atoms with Gasteiger partial charge in [0.2, 0.25) is 0 Å². The van der Waals surface area contributed by atoms with Gasteiger partial charge in [0.1, 0.15) is 11.9 Å². The molecule has 1 atom stereocenters. The summed E-state index contributed by atoms with van der Waals surface area (Å²) in [5.41, 5.74) is 2.37. The first-order valence-electron chi connectivity index (χ1n) is 7.16. The summed E-state index contributed by atoms with van der Waals surface area (Å²) in [5.74, 6) is 2.01. The summed E-state index contributed by atoms with van der Waals surface area (Å²) in [5, 5.41) is 0. The largest absolute Gasteiger partial charge is 0.465 e.